The first-order valence-corrected chi connectivity index (χ1v) is 8.75. The van der Waals surface area contributed by atoms with Crippen molar-refractivity contribution in [1.29, 1.82) is 0 Å². The second-order valence-corrected chi connectivity index (χ2v) is 6.69. The number of rotatable bonds is 3. The molecule has 4 rings (SSSR count). The molecule has 122 valence electrons. The van der Waals surface area contributed by atoms with Crippen molar-refractivity contribution in [3.05, 3.63) is 102 Å². The van der Waals surface area contributed by atoms with Gasteiger partial charge in [-0.3, -0.25) is 0 Å². The summed E-state index contributed by atoms with van der Waals surface area (Å²) in [6.07, 6.45) is 2.28. The highest BCUT2D eigenvalue weighted by molar-refractivity contribution is 5.94. The average molecular weight is 324 g/mol. The first-order chi connectivity index (χ1) is 12.2. The molecule has 0 aliphatic rings. The van der Waals surface area contributed by atoms with Gasteiger partial charge in [-0.1, -0.05) is 72.3 Å². The summed E-state index contributed by atoms with van der Waals surface area (Å²) in [5.41, 5.74) is 7.81. The van der Waals surface area contributed by atoms with Crippen molar-refractivity contribution in [3.63, 3.8) is 0 Å². The van der Waals surface area contributed by atoms with Crippen molar-refractivity contribution in [2.75, 3.05) is 0 Å². The number of fused-ring (bicyclic) bond motifs is 1. The van der Waals surface area contributed by atoms with Gasteiger partial charge >= 0.3 is 0 Å². The van der Waals surface area contributed by atoms with Gasteiger partial charge in [-0.15, -0.1) is 0 Å². The molecule has 1 aromatic heterocycles. The van der Waals surface area contributed by atoms with E-state index in [9.17, 15) is 0 Å². The summed E-state index contributed by atoms with van der Waals surface area (Å²) in [4.78, 5) is 0. The van der Waals surface area contributed by atoms with Crippen LogP contribution in [0.25, 0.3) is 22.0 Å². The molecule has 0 atom stereocenters. The number of benzene rings is 3. The molecule has 0 aliphatic heterocycles. The number of aryl methyl sites for hydroxylation is 2. The molecular weight excluding hydrogens is 302 g/mol. The molecule has 4 aromatic rings. The normalized spacial score (nSPS) is 11.0. The fourth-order valence-electron chi connectivity index (χ4n) is 3.58. The van der Waals surface area contributed by atoms with E-state index in [0.29, 0.717) is 0 Å². The summed E-state index contributed by atoms with van der Waals surface area (Å²) >= 11 is 0. The molecular formula is C24H22N+. The highest BCUT2D eigenvalue weighted by Crippen LogP contribution is 2.30. The minimum Gasteiger partial charge on any atom is -0.194 e. The summed E-state index contributed by atoms with van der Waals surface area (Å²) in [7, 11) is 0. The number of pyridine rings is 1. The minimum atomic E-state index is 0.885. The van der Waals surface area contributed by atoms with Crippen LogP contribution in [-0.2, 0) is 6.54 Å². The third kappa shape index (κ3) is 3.06. The van der Waals surface area contributed by atoms with E-state index >= 15 is 0 Å². The van der Waals surface area contributed by atoms with Gasteiger partial charge in [-0.2, -0.15) is 4.57 Å². The van der Waals surface area contributed by atoms with E-state index in [4.69, 9.17) is 0 Å². The molecule has 1 nitrogen and oxygen atoms in total. The molecule has 25 heavy (non-hydrogen) atoms. The second-order valence-electron chi connectivity index (χ2n) is 6.69. The molecule has 1 heterocycles. The van der Waals surface area contributed by atoms with Gasteiger partial charge < -0.3 is 0 Å². The molecule has 0 radical (unpaired) electrons. The standard InChI is InChI=1S/C24H22N/c1-18-13-14-23-22(15-18)24(21-11-7-4-8-12-21)19(2)16-25(23)17-20-9-5-3-6-10-20/h3-16H,17H2,1-2H3/q+1. The van der Waals surface area contributed by atoms with Crippen LogP contribution in [0.3, 0.4) is 0 Å². The van der Waals surface area contributed by atoms with Crippen LogP contribution in [0.15, 0.2) is 85.1 Å². The fourth-order valence-corrected chi connectivity index (χ4v) is 3.58. The number of hydrogen-bond acceptors (Lipinski definition) is 0. The van der Waals surface area contributed by atoms with E-state index in [1.807, 2.05) is 0 Å². The fraction of sp³-hybridized carbons (Fsp3) is 0.125. The average Bonchev–Trinajstić information content (AvgIpc) is 2.63. The largest absolute Gasteiger partial charge is 0.213 e. The number of aromatic nitrogens is 1. The van der Waals surface area contributed by atoms with Crippen LogP contribution in [0.1, 0.15) is 16.7 Å². The minimum absolute atomic E-state index is 0.885. The van der Waals surface area contributed by atoms with Gasteiger partial charge in [0.15, 0.2) is 12.7 Å². The molecule has 0 fully saturated rings. The third-order valence-corrected chi connectivity index (χ3v) is 4.73. The first kappa shape index (κ1) is 15.6. The quantitative estimate of drug-likeness (QED) is 0.441. The Hall–Kier alpha value is -2.93. The Bertz CT molecular complexity index is 1020. The SMILES string of the molecule is Cc1ccc2c(c1)c(-c1ccccc1)c(C)c[n+]2Cc1ccccc1. The highest BCUT2D eigenvalue weighted by atomic mass is 14.9. The Morgan fingerprint density at radius 3 is 2.16 bits per heavy atom. The number of nitrogens with zero attached hydrogens (tertiary/aromatic N) is 1. The van der Waals surface area contributed by atoms with E-state index in [1.54, 1.807) is 0 Å². The topological polar surface area (TPSA) is 3.88 Å². The van der Waals surface area contributed by atoms with Crippen molar-refractivity contribution in [3.8, 4) is 11.1 Å². The van der Waals surface area contributed by atoms with Crippen molar-refractivity contribution < 1.29 is 4.57 Å². The Morgan fingerprint density at radius 2 is 1.44 bits per heavy atom. The van der Waals surface area contributed by atoms with Gasteiger partial charge in [0.1, 0.15) is 0 Å². The van der Waals surface area contributed by atoms with E-state index in [1.165, 1.54) is 38.7 Å². The van der Waals surface area contributed by atoms with E-state index in [0.717, 1.165) is 6.54 Å². The maximum Gasteiger partial charge on any atom is 0.213 e. The van der Waals surface area contributed by atoms with Crippen molar-refractivity contribution >= 4 is 10.9 Å². The lowest BCUT2D eigenvalue weighted by atomic mass is 9.96. The van der Waals surface area contributed by atoms with Gasteiger partial charge in [-0.05, 0) is 25.5 Å². The lowest BCUT2D eigenvalue weighted by Crippen LogP contribution is -2.35. The molecule has 0 amide bonds. The Balaban J connectivity index is 1.95. The van der Waals surface area contributed by atoms with E-state index in [-0.39, 0.29) is 0 Å². The van der Waals surface area contributed by atoms with E-state index < -0.39 is 0 Å². The Labute approximate surface area is 149 Å². The summed E-state index contributed by atoms with van der Waals surface area (Å²) in [6, 6.07) is 28.1. The van der Waals surface area contributed by atoms with Crippen LogP contribution >= 0.6 is 0 Å². The van der Waals surface area contributed by atoms with Crippen LogP contribution in [0.5, 0.6) is 0 Å². The summed E-state index contributed by atoms with van der Waals surface area (Å²) in [6.45, 7) is 5.26. The molecule has 0 aliphatic carbocycles. The summed E-state index contributed by atoms with van der Waals surface area (Å²) < 4.78 is 2.37. The van der Waals surface area contributed by atoms with Crippen molar-refractivity contribution in [2.24, 2.45) is 0 Å². The van der Waals surface area contributed by atoms with Crippen LogP contribution in [0, 0.1) is 13.8 Å². The smallest absolute Gasteiger partial charge is 0.194 e. The molecule has 0 unspecified atom stereocenters. The van der Waals surface area contributed by atoms with Gasteiger partial charge in [-0.25, -0.2) is 0 Å². The van der Waals surface area contributed by atoms with Crippen molar-refractivity contribution in [2.45, 2.75) is 20.4 Å². The summed E-state index contributed by atoms with van der Waals surface area (Å²) in [5, 5.41) is 1.32. The molecule has 0 N–H and O–H groups in total. The first-order valence-electron chi connectivity index (χ1n) is 8.75. The zero-order valence-electron chi connectivity index (χ0n) is 14.7. The van der Waals surface area contributed by atoms with Crippen molar-refractivity contribution in [1.82, 2.24) is 0 Å². The lowest BCUT2D eigenvalue weighted by molar-refractivity contribution is -0.662. The zero-order chi connectivity index (χ0) is 17.2. The van der Waals surface area contributed by atoms with Gasteiger partial charge in [0.25, 0.3) is 0 Å². The Morgan fingerprint density at radius 1 is 0.760 bits per heavy atom. The predicted molar refractivity (Wildman–Crippen MR) is 105 cm³/mol. The van der Waals surface area contributed by atoms with Gasteiger partial charge in [0, 0.05) is 22.8 Å². The maximum absolute atomic E-state index is 2.37. The molecule has 0 saturated carbocycles. The molecule has 1 heteroatoms. The number of hydrogen-bond donors (Lipinski definition) is 0. The molecule has 0 saturated heterocycles. The van der Waals surface area contributed by atoms with Crippen LogP contribution < -0.4 is 4.57 Å². The van der Waals surface area contributed by atoms with Crippen LogP contribution in [-0.4, -0.2) is 0 Å². The van der Waals surface area contributed by atoms with E-state index in [2.05, 4.69) is 103 Å². The highest BCUT2D eigenvalue weighted by Gasteiger charge is 2.17. The molecule has 0 spiro atoms. The molecule has 0 bridgehead atoms. The van der Waals surface area contributed by atoms with Gasteiger partial charge in [0.2, 0.25) is 5.52 Å². The molecule has 3 aromatic carbocycles. The van der Waals surface area contributed by atoms with Crippen LogP contribution in [0.2, 0.25) is 0 Å². The Kier molecular flexibility index (Phi) is 4.07. The predicted octanol–water partition coefficient (Wildman–Crippen LogP) is 5.46. The monoisotopic (exact) mass is 324 g/mol. The zero-order valence-corrected chi connectivity index (χ0v) is 14.7. The van der Waals surface area contributed by atoms with Gasteiger partial charge in [0.05, 0.1) is 5.39 Å². The lowest BCUT2D eigenvalue weighted by Gasteiger charge is -2.11. The van der Waals surface area contributed by atoms with Crippen LogP contribution in [0.4, 0.5) is 0 Å². The second kappa shape index (κ2) is 6.52. The summed E-state index contributed by atoms with van der Waals surface area (Å²) in [5.74, 6) is 0. The third-order valence-electron chi connectivity index (χ3n) is 4.73. The maximum atomic E-state index is 2.37.